The van der Waals surface area contributed by atoms with E-state index in [9.17, 15) is 22.0 Å². The van der Waals surface area contributed by atoms with Crippen LogP contribution in [0.2, 0.25) is 5.02 Å². The van der Waals surface area contributed by atoms with E-state index in [4.69, 9.17) is 26.8 Å². The monoisotopic (exact) mass is 657 g/mol. The number of halogens is 4. The molecule has 3 aromatic rings. The average Bonchev–Trinajstić information content (AvgIpc) is 3.39. The van der Waals surface area contributed by atoms with E-state index in [-0.39, 0.29) is 55.1 Å². The molecule has 11 nitrogen and oxygen atoms in total. The highest BCUT2D eigenvalue weighted by Crippen LogP contribution is 2.30. The molecule has 1 aliphatic rings. The van der Waals surface area contributed by atoms with E-state index in [2.05, 4.69) is 20.0 Å². The number of rotatable bonds is 14. The predicted molar refractivity (Wildman–Crippen MR) is 155 cm³/mol. The molecule has 1 saturated heterocycles. The summed E-state index contributed by atoms with van der Waals surface area (Å²) in [4.78, 5) is 21.3. The van der Waals surface area contributed by atoms with Gasteiger partial charge in [0.2, 0.25) is 5.88 Å². The summed E-state index contributed by atoms with van der Waals surface area (Å²) in [6, 6.07) is 9.22. The van der Waals surface area contributed by atoms with E-state index >= 15 is 4.39 Å². The van der Waals surface area contributed by atoms with Gasteiger partial charge in [0.15, 0.2) is 21.5 Å². The van der Waals surface area contributed by atoms with Gasteiger partial charge in [0.05, 0.1) is 40.9 Å². The fourth-order valence-corrected chi connectivity index (χ4v) is 5.69. The van der Waals surface area contributed by atoms with E-state index in [1.54, 1.807) is 31.2 Å². The van der Waals surface area contributed by atoms with Crippen LogP contribution >= 0.6 is 11.6 Å². The lowest BCUT2D eigenvalue weighted by atomic mass is 10.1. The van der Waals surface area contributed by atoms with Crippen LogP contribution in [0, 0.1) is 5.82 Å². The van der Waals surface area contributed by atoms with E-state index in [0.29, 0.717) is 16.1 Å². The van der Waals surface area contributed by atoms with Crippen LogP contribution in [0.1, 0.15) is 30.5 Å². The largest absolute Gasteiger partial charge is 0.472 e. The van der Waals surface area contributed by atoms with Gasteiger partial charge in [0.25, 0.3) is 0 Å². The Morgan fingerprint density at radius 3 is 2.55 bits per heavy atom. The highest BCUT2D eigenvalue weighted by Gasteiger charge is 2.36. The molecule has 0 aliphatic carbocycles. The zero-order valence-corrected chi connectivity index (χ0v) is 25.1. The van der Waals surface area contributed by atoms with Crippen LogP contribution < -0.4 is 20.7 Å². The van der Waals surface area contributed by atoms with Crippen LogP contribution in [0.5, 0.6) is 5.88 Å². The Morgan fingerprint density at radius 1 is 1.18 bits per heavy atom. The third-order valence-corrected chi connectivity index (χ3v) is 8.87. The van der Waals surface area contributed by atoms with Crippen molar-refractivity contribution in [2.24, 2.45) is 5.73 Å². The van der Waals surface area contributed by atoms with Crippen molar-refractivity contribution in [2.45, 2.75) is 49.6 Å². The molecule has 2 aromatic heterocycles. The van der Waals surface area contributed by atoms with Crippen LogP contribution in [0.3, 0.4) is 0 Å². The fourth-order valence-electron chi connectivity index (χ4n) is 4.70. The van der Waals surface area contributed by atoms with Crippen molar-refractivity contribution in [3.05, 3.63) is 76.8 Å². The summed E-state index contributed by atoms with van der Waals surface area (Å²) in [5, 5.41) is 3.55. The van der Waals surface area contributed by atoms with Crippen molar-refractivity contribution in [3.8, 4) is 5.88 Å². The number of nitrogens with two attached hydrogens (primary N) is 1. The quantitative estimate of drug-likeness (QED) is 0.258. The molecule has 0 spiro atoms. The van der Waals surface area contributed by atoms with Gasteiger partial charge in [-0.15, -0.1) is 0 Å². The normalized spacial score (nSPS) is 17.5. The van der Waals surface area contributed by atoms with Gasteiger partial charge in [-0.1, -0.05) is 30.7 Å². The molecule has 16 heteroatoms. The number of primary amides is 1. The molecule has 0 saturated carbocycles. The van der Waals surface area contributed by atoms with Gasteiger partial charge in [0, 0.05) is 31.4 Å². The molecular weight excluding hydrogens is 627 g/mol. The molecule has 1 aliphatic heterocycles. The standard InChI is InChI=1S/C28H31ClF3N5O6S/c1-2-44(39,40)22-6-3-18(4-7-22)24(16-42-28(33)38)34-11-17-9-23(30)26(36-12-17)37-14-21(10-20(37)15-41-27(31)32)43-25-8-5-19(29)13-35-25/h3-9,12-13,20-21,24,27,34H,2,10-11,14-16H2,1H3,(H2,33,38)/t20-,21-,24-/m0/s1. The van der Waals surface area contributed by atoms with Crippen LogP contribution in [-0.4, -0.2) is 68.7 Å². The number of nitrogens with zero attached hydrogens (tertiary/aromatic N) is 3. The van der Waals surface area contributed by atoms with Crippen molar-refractivity contribution in [2.75, 3.05) is 30.4 Å². The molecule has 1 aromatic carbocycles. The molecule has 1 amide bonds. The van der Waals surface area contributed by atoms with Gasteiger partial charge in [-0.05, 0) is 35.4 Å². The Hall–Kier alpha value is -3.66. The van der Waals surface area contributed by atoms with Gasteiger partial charge in [-0.2, -0.15) is 8.78 Å². The smallest absolute Gasteiger partial charge is 0.404 e. The second kappa shape index (κ2) is 14.9. The molecule has 3 atom stereocenters. The number of hydrogen-bond donors (Lipinski definition) is 2. The Labute approximate surface area is 257 Å². The molecular formula is C28H31ClF3N5O6S. The topological polar surface area (TPSA) is 146 Å². The van der Waals surface area contributed by atoms with Gasteiger partial charge in [0.1, 0.15) is 12.7 Å². The third kappa shape index (κ3) is 8.94. The molecule has 0 unspecified atom stereocenters. The first-order chi connectivity index (χ1) is 20.9. The molecule has 0 radical (unpaired) electrons. The molecule has 4 rings (SSSR count). The lowest BCUT2D eigenvalue weighted by Gasteiger charge is -2.25. The van der Waals surface area contributed by atoms with Gasteiger partial charge < -0.3 is 30.2 Å². The van der Waals surface area contributed by atoms with Crippen LogP contribution in [0.15, 0.2) is 59.8 Å². The number of amides is 1. The lowest BCUT2D eigenvalue weighted by Crippen LogP contribution is -2.35. The summed E-state index contributed by atoms with van der Waals surface area (Å²) in [5.74, 6) is -0.539. The first-order valence-electron chi connectivity index (χ1n) is 13.5. The molecule has 0 bridgehead atoms. The molecule has 44 heavy (non-hydrogen) atoms. The van der Waals surface area contributed by atoms with Crippen LogP contribution in [0.4, 0.5) is 23.8 Å². The minimum atomic E-state index is -3.41. The second-order valence-electron chi connectivity index (χ2n) is 9.88. The van der Waals surface area contributed by atoms with E-state index in [1.807, 2.05) is 0 Å². The zero-order chi connectivity index (χ0) is 31.9. The number of benzene rings is 1. The van der Waals surface area contributed by atoms with Crippen molar-refractivity contribution in [1.82, 2.24) is 15.3 Å². The summed E-state index contributed by atoms with van der Waals surface area (Å²) in [5.41, 5.74) is 6.16. The Morgan fingerprint density at radius 2 is 1.93 bits per heavy atom. The van der Waals surface area contributed by atoms with E-state index in [0.717, 1.165) is 0 Å². The minimum absolute atomic E-state index is 0.0575. The highest BCUT2D eigenvalue weighted by molar-refractivity contribution is 7.91. The Bertz CT molecular complexity index is 1520. The van der Waals surface area contributed by atoms with Crippen molar-refractivity contribution in [1.29, 1.82) is 0 Å². The second-order valence-corrected chi connectivity index (χ2v) is 12.6. The fraction of sp³-hybridized carbons (Fsp3) is 0.393. The number of pyridine rings is 2. The number of carbonyl (C=O) groups excluding carboxylic acids is 1. The van der Waals surface area contributed by atoms with Gasteiger partial charge in [-0.3, -0.25) is 0 Å². The van der Waals surface area contributed by atoms with Crippen molar-refractivity contribution >= 4 is 33.3 Å². The van der Waals surface area contributed by atoms with Crippen molar-refractivity contribution in [3.63, 3.8) is 0 Å². The number of alkyl halides is 2. The maximum Gasteiger partial charge on any atom is 0.404 e. The summed E-state index contributed by atoms with van der Waals surface area (Å²) in [6.07, 6.45) is 1.58. The highest BCUT2D eigenvalue weighted by atomic mass is 35.5. The maximum atomic E-state index is 15.4. The predicted octanol–water partition coefficient (Wildman–Crippen LogP) is 4.25. The summed E-state index contributed by atoms with van der Waals surface area (Å²) in [7, 11) is -3.41. The number of sulfone groups is 1. The lowest BCUT2D eigenvalue weighted by molar-refractivity contribution is -0.131. The number of ether oxygens (including phenoxy) is 3. The Kier molecular flexibility index (Phi) is 11.2. The first kappa shape index (κ1) is 33.2. The maximum absolute atomic E-state index is 15.4. The van der Waals surface area contributed by atoms with Crippen LogP contribution in [-0.2, 0) is 25.9 Å². The van der Waals surface area contributed by atoms with E-state index in [1.165, 1.54) is 35.5 Å². The average molecular weight is 658 g/mol. The minimum Gasteiger partial charge on any atom is -0.472 e. The summed E-state index contributed by atoms with van der Waals surface area (Å²) in [6.45, 7) is -1.79. The molecule has 238 valence electrons. The molecule has 3 heterocycles. The number of aromatic nitrogens is 2. The Balaban J connectivity index is 1.47. The number of hydrogen-bond acceptors (Lipinski definition) is 10. The number of carbonyl (C=O) groups is 1. The summed E-state index contributed by atoms with van der Waals surface area (Å²) >= 11 is 5.87. The number of nitrogens with one attached hydrogen (secondary N) is 1. The third-order valence-electron chi connectivity index (χ3n) is 6.90. The molecule has 1 fully saturated rings. The zero-order valence-electron chi connectivity index (χ0n) is 23.5. The van der Waals surface area contributed by atoms with Crippen molar-refractivity contribution < 1.29 is 40.6 Å². The van der Waals surface area contributed by atoms with E-state index < -0.39 is 46.5 Å². The number of anilines is 1. The van der Waals surface area contributed by atoms with Gasteiger partial charge >= 0.3 is 12.7 Å². The van der Waals surface area contributed by atoms with Crippen LogP contribution in [0.25, 0.3) is 0 Å². The summed E-state index contributed by atoms with van der Waals surface area (Å²) < 4.78 is 80.8. The first-order valence-corrected chi connectivity index (χ1v) is 15.6. The van der Waals surface area contributed by atoms with Gasteiger partial charge in [-0.25, -0.2) is 27.6 Å². The SMILES string of the molecule is CCS(=O)(=O)c1ccc([C@H](COC(N)=O)NCc2cnc(N3C[C@@H](Oc4ccc(Cl)cn4)C[C@H]3COC(F)F)c(F)c2)cc1. The molecule has 3 N–H and O–H groups in total.